The first-order valence-electron chi connectivity index (χ1n) is 11.9. The number of rotatable bonds is 6. The van der Waals surface area contributed by atoms with Crippen molar-refractivity contribution in [2.75, 3.05) is 6.54 Å². The van der Waals surface area contributed by atoms with Gasteiger partial charge in [-0.15, -0.1) is 0 Å². The molecule has 36 heavy (non-hydrogen) atoms. The maximum atomic E-state index is 13.8. The van der Waals surface area contributed by atoms with E-state index >= 15 is 0 Å². The summed E-state index contributed by atoms with van der Waals surface area (Å²) in [6.45, 7) is 8.81. The number of carbonyl (C=O) groups is 1. The molecule has 0 fully saturated rings. The van der Waals surface area contributed by atoms with E-state index in [1.807, 2.05) is 31.2 Å². The highest BCUT2D eigenvalue weighted by Crippen LogP contribution is 2.30. The fraction of sp³-hybridized carbons (Fsp3) is 0.310. The molecule has 2 aromatic heterocycles. The number of hydrogen-bond acceptors (Lipinski definition) is 2. The van der Waals surface area contributed by atoms with E-state index in [9.17, 15) is 18.0 Å². The fourth-order valence-electron chi connectivity index (χ4n) is 4.25. The summed E-state index contributed by atoms with van der Waals surface area (Å²) in [6, 6.07) is 17.2. The Bertz CT molecular complexity index is 1370. The van der Waals surface area contributed by atoms with Crippen LogP contribution in [0.2, 0.25) is 0 Å². The first kappa shape index (κ1) is 25.5. The fourth-order valence-corrected chi connectivity index (χ4v) is 4.25. The molecule has 1 amide bonds. The van der Waals surface area contributed by atoms with Crippen LogP contribution in [-0.4, -0.2) is 27.3 Å². The Morgan fingerprint density at radius 2 is 1.67 bits per heavy atom. The summed E-state index contributed by atoms with van der Waals surface area (Å²) < 4.78 is 39.6. The van der Waals surface area contributed by atoms with Crippen LogP contribution in [0.5, 0.6) is 0 Å². The number of fused-ring (bicyclic) bond motifs is 1. The van der Waals surface area contributed by atoms with Crippen LogP contribution >= 0.6 is 0 Å². The topological polar surface area (TPSA) is 49.0 Å². The van der Waals surface area contributed by atoms with Crippen molar-refractivity contribution >= 4 is 16.8 Å². The molecule has 0 aliphatic heterocycles. The lowest BCUT2D eigenvalue weighted by Crippen LogP contribution is -2.33. The summed E-state index contributed by atoms with van der Waals surface area (Å²) in [6.07, 6.45) is -2.36. The molecule has 4 nitrogen and oxygen atoms in total. The number of aromatic amines is 1. The van der Waals surface area contributed by atoms with Crippen molar-refractivity contribution in [3.05, 3.63) is 101 Å². The summed E-state index contributed by atoms with van der Waals surface area (Å²) in [4.78, 5) is 23.0. The van der Waals surface area contributed by atoms with Gasteiger partial charge in [-0.2, -0.15) is 13.2 Å². The third-order valence-electron chi connectivity index (χ3n) is 6.28. The zero-order chi connectivity index (χ0) is 26.1. The van der Waals surface area contributed by atoms with Gasteiger partial charge in [0, 0.05) is 30.4 Å². The van der Waals surface area contributed by atoms with Gasteiger partial charge in [0.25, 0.3) is 5.91 Å². The molecular weight excluding hydrogens is 463 g/mol. The quantitative estimate of drug-likeness (QED) is 0.312. The van der Waals surface area contributed by atoms with Crippen molar-refractivity contribution in [3.63, 3.8) is 0 Å². The van der Waals surface area contributed by atoms with Gasteiger partial charge in [-0.1, -0.05) is 63.2 Å². The Morgan fingerprint density at radius 3 is 2.33 bits per heavy atom. The van der Waals surface area contributed by atoms with E-state index in [-0.39, 0.29) is 24.3 Å². The van der Waals surface area contributed by atoms with E-state index in [1.54, 1.807) is 17.2 Å². The summed E-state index contributed by atoms with van der Waals surface area (Å²) in [5.74, 6) is -0.266. The molecule has 2 aromatic carbocycles. The van der Waals surface area contributed by atoms with Crippen molar-refractivity contribution in [1.29, 1.82) is 0 Å². The van der Waals surface area contributed by atoms with Gasteiger partial charge in [-0.3, -0.25) is 4.79 Å². The van der Waals surface area contributed by atoms with Crippen LogP contribution in [0.15, 0.2) is 66.9 Å². The number of nitrogens with one attached hydrogen (secondary N) is 1. The minimum Gasteiger partial charge on any atom is -0.359 e. The Kier molecular flexibility index (Phi) is 6.94. The number of alkyl halides is 3. The predicted molar refractivity (Wildman–Crippen MR) is 136 cm³/mol. The SMILES string of the molecule is Cc1cc2cc[nH]c2c(C(=O)N(CCc2cccc(C(F)(F)F)c2)Cc2ccc(C(C)(C)C)cc2)n1. The highest BCUT2D eigenvalue weighted by Gasteiger charge is 2.30. The first-order chi connectivity index (χ1) is 16.9. The molecule has 0 radical (unpaired) electrons. The van der Waals surface area contributed by atoms with Crippen LogP contribution in [0.1, 0.15) is 59.2 Å². The molecule has 2 heterocycles. The molecule has 0 aliphatic carbocycles. The molecule has 0 spiro atoms. The zero-order valence-electron chi connectivity index (χ0n) is 20.9. The largest absolute Gasteiger partial charge is 0.416 e. The third kappa shape index (κ3) is 5.78. The lowest BCUT2D eigenvalue weighted by molar-refractivity contribution is -0.137. The smallest absolute Gasteiger partial charge is 0.359 e. The average Bonchev–Trinajstić information content (AvgIpc) is 3.28. The van der Waals surface area contributed by atoms with Crippen molar-refractivity contribution < 1.29 is 18.0 Å². The number of aromatic nitrogens is 2. The second-order valence-corrected chi connectivity index (χ2v) is 10.2. The van der Waals surface area contributed by atoms with Gasteiger partial charge in [0.2, 0.25) is 0 Å². The molecular formula is C29H30F3N3O. The average molecular weight is 494 g/mol. The van der Waals surface area contributed by atoms with Crippen molar-refractivity contribution in [3.8, 4) is 0 Å². The van der Waals surface area contributed by atoms with Crippen LogP contribution in [0, 0.1) is 6.92 Å². The number of amides is 1. The summed E-state index contributed by atoms with van der Waals surface area (Å²) >= 11 is 0. The Labute approximate surface area is 209 Å². The molecule has 7 heteroatoms. The highest BCUT2D eigenvalue weighted by atomic mass is 19.4. The molecule has 0 saturated carbocycles. The zero-order valence-corrected chi connectivity index (χ0v) is 20.9. The third-order valence-corrected chi connectivity index (χ3v) is 6.28. The molecule has 0 saturated heterocycles. The van der Waals surface area contributed by atoms with Crippen molar-refractivity contribution in [2.24, 2.45) is 0 Å². The number of aryl methyl sites for hydroxylation is 1. The van der Waals surface area contributed by atoms with E-state index in [0.29, 0.717) is 23.3 Å². The van der Waals surface area contributed by atoms with E-state index in [2.05, 4.69) is 42.9 Å². The van der Waals surface area contributed by atoms with E-state index in [1.165, 1.54) is 11.6 Å². The summed E-state index contributed by atoms with van der Waals surface area (Å²) in [5.41, 5.74) is 3.64. The summed E-state index contributed by atoms with van der Waals surface area (Å²) in [7, 11) is 0. The van der Waals surface area contributed by atoms with Gasteiger partial charge in [0.1, 0.15) is 0 Å². The van der Waals surface area contributed by atoms with Crippen LogP contribution in [0.25, 0.3) is 10.9 Å². The number of H-pyrrole nitrogens is 1. The number of nitrogens with zero attached hydrogens (tertiary/aromatic N) is 2. The lowest BCUT2D eigenvalue weighted by Gasteiger charge is -2.24. The maximum Gasteiger partial charge on any atom is 0.416 e. The Morgan fingerprint density at radius 1 is 0.944 bits per heavy atom. The summed E-state index contributed by atoms with van der Waals surface area (Å²) in [5, 5.41) is 0.887. The number of hydrogen-bond donors (Lipinski definition) is 1. The van der Waals surface area contributed by atoms with Gasteiger partial charge in [-0.25, -0.2) is 4.98 Å². The molecule has 0 aliphatic rings. The van der Waals surface area contributed by atoms with Gasteiger partial charge >= 0.3 is 6.18 Å². The molecule has 188 valence electrons. The normalized spacial score (nSPS) is 12.2. The van der Waals surface area contributed by atoms with E-state index in [4.69, 9.17) is 0 Å². The molecule has 0 unspecified atom stereocenters. The van der Waals surface area contributed by atoms with Gasteiger partial charge in [0.05, 0.1) is 11.1 Å². The first-order valence-corrected chi connectivity index (χ1v) is 11.9. The standard InChI is InChI=1S/C29H30F3N3O/c1-19-16-22-12-14-33-25(22)26(34-19)27(36)35(18-21-8-10-23(11-9-21)28(2,3)4)15-13-20-6-5-7-24(17-20)29(30,31)32/h5-12,14,16-17,33H,13,15,18H2,1-4H3. The Balaban J connectivity index is 1.64. The monoisotopic (exact) mass is 493 g/mol. The molecule has 0 bridgehead atoms. The van der Waals surface area contributed by atoms with E-state index < -0.39 is 11.7 Å². The van der Waals surface area contributed by atoms with Gasteiger partial charge < -0.3 is 9.88 Å². The van der Waals surface area contributed by atoms with Crippen LogP contribution in [0.3, 0.4) is 0 Å². The van der Waals surface area contributed by atoms with Crippen LogP contribution < -0.4 is 0 Å². The predicted octanol–water partition coefficient (Wildman–Crippen LogP) is 7.07. The highest BCUT2D eigenvalue weighted by molar-refractivity contribution is 6.04. The lowest BCUT2D eigenvalue weighted by atomic mass is 9.87. The second kappa shape index (κ2) is 9.80. The molecule has 1 N–H and O–H groups in total. The maximum absolute atomic E-state index is 13.8. The Hall–Kier alpha value is -3.61. The minimum absolute atomic E-state index is 0.00223. The number of halogens is 3. The number of pyridine rings is 1. The number of carbonyl (C=O) groups excluding carboxylic acids is 1. The second-order valence-electron chi connectivity index (χ2n) is 10.2. The van der Waals surface area contributed by atoms with E-state index in [0.717, 1.165) is 28.8 Å². The van der Waals surface area contributed by atoms with Gasteiger partial charge in [0.15, 0.2) is 5.69 Å². The molecule has 4 aromatic rings. The minimum atomic E-state index is -4.41. The van der Waals surface area contributed by atoms with Crippen molar-refractivity contribution in [1.82, 2.24) is 14.9 Å². The van der Waals surface area contributed by atoms with Crippen LogP contribution in [0.4, 0.5) is 13.2 Å². The molecule has 0 atom stereocenters. The van der Waals surface area contributed by atoms with Crippen molar-refractivity contribution in [2.45, 2.75) is 52.3 Å². The molecule has 4 rings (SSSR count). The van der Waals surface area contributed by atoms with Crippen LogP contribution in [-0.2, 0) is 24.6 Å². The van der Waals surface area contributed by atoms with Gasteiger partial charge in [-0.05, 0) is 53.6 Å². The number of benzene rings is 2.